The maximum Gasteiger partial charge on any atom is 0.165 e. The van der Waals surface area contributed by atoms with Gasteiger partial charge in [0.25, 0.3) is 0 Å². The molecule has 0 amide bonds. The summed E-state index contributed by atoms with van der Waals surface area (Å²) in [6.45, 7) is 8.42. The van der Waals surface area contributed by atoms with Gasteiger partial charge < -0.3 is 19.5 Å². The van der Waals surface area contributed by atoms with Crippen molar-refractivity contribution in [3.8, 4) is 11.5 Å². The number of para-hydroxylation sites is 1. The van der Waals surface area contributed by atoms with Crippen LogP contribution in [0.25, 0.3) is 0 Å². The van der Waals surface area contributed by atoms with Gasteiger partial charge in [-0.2, -0.15) is 0 Å². The van der Waals surface area contributed by atoms with E-state index in [1.54, 1.807) is 7.11 Å². The van der Waals surface area contributed by atoms with E-state index in [0.717, 1.165) is 36.6 Å². The van der Waals surface area contributed by atoms with Crippen LogP contribution in [-0.2, 0) is 11.3 Å². The first-order valence-electron chi connectivity index (χ1n) is 6.55. The second-order valence-corrected chi connectivity index (χ2v) is 3.95. The smallest absolute Gasteiger partial charge is 0.165 e. The normalized spacial score (nSPS) is 10.0. The van der Waals surface area contributed by atoms with Crippen LogP contribution >= 0.6 is 0 Å². The molecule has 106 valence electrons. The van der Waals surface area contributed by atoms with E-state index in [1.165, 1.54) is 6.26 Å². The molecule has 0 radical (unpaired) electrons. The van der Waals surface area contributed by atoms with Gasteiger partial charge in [0.05, 0.1) is 26.6 Å². The van der Waals surface area contributed by atoms with E-state index >= 15 is 0 Å². The van der Waals surface area contributed by atoms with Crippen molar-refractivity contribution in [2.24, 2.45) is 0 Å². The Morgan fingerprint density at radius 2 is 2.21 bits per heavy atom. The van der Waals surface area contributed by atoms with Crippen LogP contribution in [0.4, 0.5) is 0 Å². The lowest BCUT2D eigenvalue weighted by Crippen LogP contribution is -2.16. The zero-order valence-electron chi connectivity index (χ0n) is 11.8. The summed E-state index contributed by atoms with van der Waals surface area (Å²) in [6, 6.07) is 5.93. The number of hydrogen-bond donors (Lipinski definition) is 1. The van der Waals surface area contributed by atoms with Crippen molar-refractivity contribution in [2.75, 3.05) is 26.9 Å². The number of methoxy groups -OCH3 is 1. The molecule has 0 aromatic heterocycles. The van der Waals surface area contributed by atoms with Crippen molar-refractivity contribution >= 4 is 0 Å². The lowest BCUT2D eigenvalue weighted by molar-refractivity contribution is 0.244. The molecule has 4 nitrogen and oxygen atoms in total. The first-order valence-corrected chi connectivity index (χ1v) is 6.55. The Morgan fingerprint density at radius 3 is 2.89 bits per heavy atom. The maximum absolute atomic E-state index is 5.54. The van der Waals surface area contributed by atoms with Gasteiger partial charge in [-0.05, 0) is 26.0 Å². The average molecular weight is 265 g/mol. The SMILES string of the molecule is C=COCCCNCc1cccc(OCC)c1OC. The molecule has 0 heterocycles. The van der Waals surface area contributed by atoms with Crippen molar-refractivity contribution in [3.63, 3.8) is 0 Å². The second-order valence-electron chi connectivity index (χ2n) is 3.95. The molecule has 0 saturated carbocycles. The van der Waals surface area contributed by atoms with Crippen LogP contribution < -0.4 is 14.8 Å². The number of benzene rings is 1. The first kappa shape index (κ1) is 15.4. The highest BCUT2D eigenvalue weighted by Crippen LogP contribution is 2.30. The molecule has 1 N–H and O–H groups in total. The number of nitrogens with one attached hydrogen (secondary N) is 1. The van der Waals surface area contributed by atoms with Gasteiger partial charge in [-0.1, -0.05) is 18.7 Å². The standard InChI is InChI=1S/C15H23NO3/c1-4-18-11-7-10-16-12-13-8-6-9-14(19-5-2)15(13)17-3/h4,6,8-9,16H,1,5,7,10-12H2,2-3H3. The van der Waals surface area contributed by atoms with E-state index in [9.17, 15) is 0 Å². The molecule has 0 aliphatic heterocycles. The van der Waals surface area contributed by atoms with Crippen molar-refractivity contribution in [1.29, 1.82) is 0 Å². The first-order chi connectivity index (χ1) is 9.33. The van der Waals surface area contributed by atoms with E-state index < -0.39 is 0 Å². The predicted octanol–water partition coefficient (Wildman–Crippen LogP) is 2.73. The average Bonchev–Trinajstić information content (AvgIpc) is 2.43. The van der Waals surface area contributed by atoms with Crippen LogP contribution in [0.2, 0.25) is 0 Å². The van der Waals surface area contributed by atoms with Gasteiger partial charge in [0, 0.05) is 12.1 Å². The van der Waals surface area contributed by atoms with Crippen LogP contribution in [0.15, 0.2) is 31.0 Å². The second kappa shape index (κ2) is 9.28. The van der Waals surface area contributed by atoms with Crippen LogP contribution in [-0.4, -0.2) is 26.9 Å². The summed E-state index contributed by atoms with van der Waals surface area (Å²) in [7, 11) is 1.67. The van der Waals surface area contributed by atoms with Crippen LogP contribution in [0.3, 0.4) is 0 Å². The Kier molecular flexibility index (Phi) is 7.51. The van der Waals surface area contributed by atoms with E-state index in [4.69, 9.17) is 14.2 Å². The molecule has 4 heteroatoms. The molecule has 1 aromatic carbocycles. The third kappa shape index (κ3) is 5.22. The molecule has 0 saturated heterocycles. The zero-order chi connectivity index (χ0) is 13.9. The zero-order valence-corrected chi connectivity index (χ0v) is 11.8. The number of ether oxygens (including phenoxy) is 3. The topological polar surface area (TPSA) is 39.7 Å². The summed E-state index contributed by atoms with van der Waals surface area (Å²) in [5.41, 5.74) is 1.10. The lowest BCUT2D eigenvalue weighted by atomic mass is 10.2. The maximum atomic E-state index is 5.54. The van der Waals surface area contributed by atoms with E-state index in [2.05, 4.69) is 11.9 Å². The van der Waals surface area contributed by atoms with Crippen molar-refractivity contribution < 1.29 is 14.2 Å². The molecule has 1 aromatic rings. The van der Waals surface area contributed by atoms with Gasteiger partial charge in [-0.25, -0.2) is 0 Å². The van der Waals surface area contributed by atoms with Crippen molar-refractivity contribution in [1.82, 2.24) is 5.32 Å². The Labute approximate surface area is 115 Å². The van der Waals surface area contributed by atoms with Crippen molar-refractivity contribution in [2.45, 2.75) is 19.9 Å². The molecule has 19 heavy (non-hydrogen) atoms. The molecule has 0 unspecified atom stereocenters. The summed E-state index contributed by atoms with van der Waals surface area (Å²) in [5.74, 6) is 1.60. The Hall–Kier alpha value is -1.68. The van der Waals surface area contributed by atoms with E-state index in [0.29, 0.717) is 13.2 Å². The van der Waals surface area contributed by atoms with Crippen LogP contribution in [0.1, 0.15) is 18.9 Å². The van der Waals surface area contributed by atoms with E-state index in [1.807, 2.05) is 25.1 Å². The third-order valence-corrected chi connectivity index (χ3v) is 2.61. The Balaban J connectivity index is 2.48. The summed E-state index contributed by atoms with van der Waals surface area (Å²) in [6.07, 6.45) is 2.41. The van der Waals surface area contributed by atoms with Gasteiger partial charge in [0.1, 0.15) is 0 Å². The molecule has 1 rings (SSSR count). The van der Waals surface area contributed by atoms with E-state index in [-0.39, 0.29) is 0 Å². The van der Waals surface area contributed by atoms with Gasteiger partial charge in [0.15, 0.2) is 11.5 Å². The molecule has 0 bridgehead atoms. The van der Waals surface area contributed by atoms with Crippen molar-refractivity contribution in [3.05, 3.63) is 36.6 Å². The Bertz CT molecular complexity index is 380. The minimum atomic E-state index is 0.631. The third-order valence-electron chi connectivity index (χ3n) is 2.61. The van der Waals surface area contributed by atoms with Gasteiger partial charge >= 0.3 is 0 Å². The highest BCUT2D eigenvalue weighted by atomic mass is 16.5. The van der Waals surface area contributed by atoms with Gasteiger partial charge in [-0.3, -0.25) is 0 Å². The van der Waals surface area contributed by atoms with Crippen LogP contribution in [0, 0.1) is 0 Å². The summed E-state index contributed by atoms with van der Waals surface area (Å²) < 4.78 is 16.0. The lowest BCUT2D eigenvalue weighted by Gasteiger charge is -2.14. The molecule has 0 fully saturated rings. The molecule has 0 spiro atoms. The summed E-state index contributed by atoms with van der Waals surface area (Å²) in [5, 5.41) is 3.35. The molecular weight excluding hydrogens is 242 g/mol. The summed E-state index contributed by atoms with van der Waals surface area (Å²) in [4.78, 5) is 0. The minimum absolute atomic E-state index is 0.631. The fraction of sp³-hybridized carbons (Fsp3) is 0.467. The Morgan fingerprint density at radius 1 is 1.37 bits per heavy atom. The highest BCUT2D eigenvalue weighted by molar-refractivity contribution is 5.46. The van der Waals surface area contributed by atoms with Gasteiger partial charge in [-0.15, -0.1) is 0 Å². The van der Waals surface area contributed by atoms with Gasteiger partial charge in [0.2, 0.25) is 0 Å². The largest absolute Gasteiger partial charge is 0.502 e. The summed E-state index contributed by atoms with van der Waals surface area (Å²) >= 11 is 0. The monoisotopic (exact) mass is 265 g/mol. The molecule has 0 aliphatic rings. The number of rotatable bonds is 10. The highest BCUT2D eigenvalue weighted by Gasteiger charge is 2.09. The molecule has 0 aliphatic carbocycles. The minimum Gasteiger partial charge on any atom is -0.502 e. The fourth-order valence-electron chi connectivity index (χ4n) is 1.79. The quantitative estimate of drug-likeness (QED) is 0.521. The molecular formula is C15H23NO3. The fourth-order valence-corrected chi connectivity index (χ4v) is 1.79. The number of hydrogen-bond acceptors (Lipinski definition) is 4. The predicted molar refractivity (Wildman–Crippen MR) is 76.6 cm³/mol. The van der Waals surface area contributed by atoms with Crippen LogP contribution in [0.5, 0.6) is 11.5 Å². The molecule has 0 atom stereocenters.